The van der Waals surface area contributed by atoms with E-state index in [0.717, 1.165) is 45.8 Å². The molecule has 10 heteroatoms. The molecule has 2 aromatic rings. The number of carbonyl (C=O) groups is 2. The summed E-state index contributed by atoms with van der Waals surface area (Å²) in [5.74, 6) is 1.31. The van der Waals surface area contributed by atoms with Gasteiger partial charge in [-0.1, -0.05) is 86.0 Å². The van der Waals surface area contributed by atoms with Crippen LogP contribution in [0.3, 0.4) is 0 Å². The molecule has 4 heterocycles. The largest absolute Gasteiger partial charge is 0.445 e. The van der Waals surface area contributed by atoms with Crippen molar-refractivity contribution < 1.29 is 19.1 Å². The number of nitrogens with one attached hydrogen (secondary N) is 1. The van der Waals surface area contributed by atoms with Gasteiger partial charge in [0.15, 0.2) is 0 Å². The number of hydrogen-bond acceptors (Lipinski definition) is 8. The van der Waals surface area contributed by atoms with Crippen LogP contribution in [0.4, 0.5) is 9.59 Å². The van der Waals surface area contributed by atoms with Crippen LogP contribution in [0.5, 0.6) is 0 Å². The van der Waals surface area contributed by atoms with Crippen molar-refractivity contribution in [2.75, 3.05) is 85.7 Å². The summed E-state index contributed by atoms with van der Waals surface area (Å²) in [6.45, 7) is 21.4. The van der Waals surface area contributed by atoms with Crippen LogP contribution in [-0.4, -0.2) is 134 Å². The van der Waals surface area contributed by atoms with Crippen molar-refractivity contribution in [1.82, 2.24) is 29.8 Å². The van der Waals surface area contributed by atoms with Crippen molar-refractivity contribution in [3.63, 3.8) is 0 Å². The van der Waals surface area contributed by atoms with Crippen molar-refractivity contribution in [3.8, 4) is 0 Å². The fourth-order valence-electron chi connectivity index (χ4n) is 8.82. The van der Waals surface area contributed by atoms with Gasteiger partial charge in [-0.2, -0.15) is 0 Å². The summed E-state index contributed by atoms with van der Waals surface area (Å²) in [6.07, 6.45) is 7.63. The Balaban J connectivity index is 0.000000204. The van der Waals surface area contributed by atoms with E-state index in [1.165, 1.54) is 36.8 Å². The molecule has 4 fully saturated rings. The van der Waals surface area contributed by atoms with Gasteiger partial charge in [0.25, 0.3) is 0 Å². The van der Waals surface area contributed by atoms with Gasteiger partial charge in [-0.05, 0) is 95.7 Å². The standard InChI is InChI=1S/C22H33N3O2.C21H31N3O2/c1-4-16-27-22(26)24-14-15-25(18(2)17-24)21(19-8-6-5-7-9-19)20-10-12-23(3)13-11-20;1-3-15-26-21(25)23-13-14-24(17(2)16-23)20(18-7-5-4-6-8-18)19-9-11-22-12-10-19/h4-9,18,20-21H,1,10-17H2,2-3H3;3-8,17,19-20,22H,1,9-16H2,2H3/t18-,21?;17-,20?/m00/s1. The highest BCUT2D eigenvalue weighted by atomic mass is 16.6. The number of piperazine rings is 2. The highest BCUT2D eigenvalue weighted by Gasteiger charge is 2.38. The van der Waals surface area contributed by atoms with Gasteiger partial charge in [0.05, 0.1) is 0 Å². The zero-order chi connectivity index (χ0) is 37.6. The third-order valence-electron chi connectivity index (χ3n) is 11.6. The summed E-state index contributed by atoms with van der Waals surface area (Å²) in [4.78, 5) is 35.7. The van der Waals surface area contributed by atoms with Crippen molar-refractivity contribution >= 4 is 12.2 Å². The minimum atomic E-state index is -0.227. The number of likely N-dealkylation sites (tertiary alicyclic amines) is 1. The predicted octanol–water partition coefficient (Wildman–Crippen LogP) is 6.45. The topological polar surface area (TPSA) is 80.8 Å². The van der Waals surface area contributed by atoms with Crippen molar-refractivity contribution in [2.45, 2.75) is 63.7 Å². The van der Waals surface area contributed by atoms with Crippen LogP contribution in [0.1, 0.15) is 62.7 Å². The van der Waals surface area contributed by atoms with Gasteiger partial charge in [0, 0.05) is 63.4 Å². The number of ether oxygens (including phenoxy) is 2. The molecule has 53 heavy (non-hydrogen) atoms. The molecule has 0 radical (unpaired) electrons. The van der Waals surface area contributed by atoms with E-state index < -0.39 is 0 Å². The highest BCUT2D eigenvalue weighted by Crippen LogP contribution is 2.38. The number of benzene rings is 2. The van der Waals surface area contributed by atoms with E-state index >= 15 is 0 Å². The molecular formula is C43H64N6O4. The number of nitrogens with zero attached hydrogens (tertiary/aromatic N) is 5. The molecule has 0 aliphatic carbocycles. The Morgan fingerprint density at radius 3 is 1.49 bits per heavy atom. The van der Waals surface area contributed by atoms with E-state index in [9.17, 15) is 9.59 Å². The minimum absolute atomic E-state index is 0.225. The van der Waals surface area contributed by atoms with Crippen molar-refractivity contribution in [2.24, 2.45) is 11.8 Å². The van der Waals surface area contributed by atoms with E-state index in [0.29, 0.717) is 55.6 Å². The maximum atomic E-state index is 12.2. The maximum absolute atomic E-state index is 12.2. The molecule has 4 atom stereocenters. The van der Waals surface area contributed by atoms with Crippen LogP contribution < -0.4 is 5.32 Å². The summed E-state index contributed by atoms with van der Waals surface area (Å²) in [5, 5.41) is 3.48. The molecule has 10 nitrogen and oxygen atoms in total. The molecule has 0 saturated carbocycles. The zero-order valence-corrected chi connectivity index (χ0v) is 32.5. The Labute approximate surface area is 318 Å². The Bertz CT molecular complexity index is 1410. The molecule has 1 N–H and O–H groups in total. The van der Waals surface area contributed by atoms with Crippen LogP contribution in [0.15, 0.2) is 86.0 Å². The Morgan fingerprint density at radius 2 is 1.09 bits per heavy atom. The molecule has 2 amide bonds. The Morgan fingerprint density at radius 1 is 0.679 bits per heavy atom. The lowest BCUT2D eigenvalue weighted by molar-refractivity contribution is 0.00997. The van der Waals surface area contributed by atoms with Crippen LogP contribution in [0.2, 0.25) is 0 Å². The summed E-state index contributed by atoms with van der Waals surface area (Å²) in [6, 6.07) is 23.2. The third-order valence-corrected chi connectivity index (χ3v) is 11.6. The third kappa shape index (κ3) is 11.2. The lowest BCUT2D eigenvalue weighted by atomic mass is 9.83. The molecule has 2 unspecified atom stereocenters. The van der Waals surface area contributed by atoms with E-state index in [4.69, 9.17) is 9.47 Å². The summed E-state index contributed by atoms with van der Waals surface area (Å²) >= 11 is 0. The minimum Gasteiger partial charge on any atom is -0.445 e. The quantitative estimate of drug-likeness (QED) is 0.280. The number of carbonyl (C=O) groups excluding carboxylic acids is 2. The average molecular weight is 729 g/mol. The first-order chi connectivity index (χ1) is 25.8. The smallest absolute Gasteiger partial charge is 0.410 e. The van der Waals surface area contributed by atoms with Crippen LogP contribution in [0, 0.1) is 11.8 Å². The molecular weight excluding hydrogens is 665 g/mol. The van der Waals surface area contributed by atoms with Gasteiger partial charge in [-0.15, -0.1) is 0 Å². The van der Waals surface area contributed by atoms with E-state index in [1.807, 2.05) is 9.80 Å². The average Bonchev–Trinajstić information content (AvgIpc) is 3.19. The zero-order valence-electron chi connectivity index (χ0n) is 32.5. The van der Waals surface area contributed by atoms with Gasteiger partial charge in [-0.3, -0.25) is 9.80 Å². The molecule has 6 rings (SSSR count). The molecule has 4 saturated heterocycles. The van der Waals surface area contributed by atoms with E-state index in [2.05, 4.69) is 115 Å². The first kappa shape index (κ1) is 40.5. The summed E-state index contributed by atoms with van der Waals surface area (Å²) < 4.78 is 10.5. The second kappa shape index (κ2) is 20.7. The first-order valence-electron chi connectivity index (χ1n) is 19.9. The van der Waals surface area contributed by atoms with E-state index in [1.54, 1.807) is 12.2 Å². The molecule has 0 bridgehead atoms. The normalized spacial score (nSPS) is 23.6. The molecule has 0 aromatic heterocycles. The second-order valence-corrected chi connectivity index (χ2v) is 15.2. The van der Waals surface area contributed by atoms with Gasteiger partial charge in [0.2, 0.25) is 0 Å². The predicted molar refractivity (Wildman–Crippen MR) is 213 cm³/mol. The SMILES string of the molecule is C=CCOC(=O)N1CCN(C(c2ccccc2)C2CCN(C)CC2)[C@@H](C)C1.C=CCOC(=O)N1CCN(C(c2ccccc2)C2CCNCC2)[C@@H](C)C1. The Hall–Kier alpha value is -3.70. The van der Waals surface area contributed by atoms with Gasteiger partial charge < -0.3 is 29.5 Å². The first-order valence-corrected chi connectivity index (χ1v) is 19.9. The second-order valence-electron chi connectivity index (χ2n) is 15.2. The van der Waals surface area contributed by atoms with Crippen molar-refractivity contribution in [1.29, 1.82) is 0 Å². The fourth-order valence-corrected chi connectivity index (χ4v) is 8.82. The van der Waals surface area contributed by atoms with E-state index in [-0.39, 0.29) is 25.4 Å². The maximum Gasteiger partial charge on any atom is 0.410 e. The number of hydrogen-bond donors (Lipinski definition) is 1. The van der Waals surface area contributed by atoms with Gasteiger partial charge in [-0.25, -0.2) is 9.59 Å². The molecule has 0 spiro atoms. The number of piperidine rings is 2. The van der Waals surface area contributed by atoms with Crippen LogP contribution >= 0.6 is 0 Å². The molecule has 4 aliphatic heterocycles. The van der Waals surface area contributed by atoms with Gasteiger partial charge in [0.1, 0.15) is 13.2 Å². The van der Waals surface area contributed by atoms with Gasteiger partial charge >= 0.3 is 12.2 Å². The molecule has 2 aromatic carbocycles. The number of amides is 2. The van der Waals surface area contributed by atoms with Crippen LogP contribution in [0.25, 0.3) is 0 Å². The van der Waals surface area contributed by atoms with Crippen molar-refractivity contribution in [3.05, 3.63) is 97.1 Å². The monoisotopic (exact) mass is 728 g/mol. The molecule has 290 valence electrons. The fraction of sp³-hybridized carbons (Fsp3) is 0.581. The number of rotatable bonds is 10. The summed E-state index contributed by atoms with van der Waals surface area (Å²) in [7, 11) is 2.21. The highest BCUT2D eigenvalue weighted by molar-refractivity contribution is 5.68. The molecule has 4 aliphatic rings. The Kier molecular flexibility index (Phi) is 15.8. The summed E-state index contributed by atoms with van der Waals surface area (Å²) in [5.41, 5.74) is 2.80. The lowest BCUT2D eigenvalue weighted by Crippen LogP contribution is -2.56. The van der Waals surface area contributed by atoms with Crippen LogP contribution in [-0.2, 0) is 9.47 Å². The lowest BCUT2D eigenvalue weighted by Gasteiger charge is -2.47.